The van der Waals surface area contributed by atoms with Crippen LogP contribution in [0.4, 0.5) is 19.0 Å². The minimum atomic E-state index is -4.98. The molecule has 2 N–H and O–H groups in total. The van der Waals surface area contributed by atoms with Gasteiger partial charge in [-0.1, -0.05) is 53.4 Å². The predicted octanol–water partition coefficient (Wildman–Crippen LogP) is 7.40. The van der Waals surface area contributed by atoms with Gasteiger partial charge < -0.3 is 15.2 Å². The fraction of sp³-hybridized carbons (Fsp3) is 0.645. The molecular formula is C31H44F3N7O. The number of amides is 1. The van der Waals surface area contributed by atoms with Crippen LogP contribution in [0.3, 0.4) is 0 Å². The Morgan fingerprint density at radius 2 is 1.74 bits per heavy atom. The van der Waals surface area contributed by atoms with Crippen molar-refractivity contribution in [1.29, 1.82) is 0 Å². The molecule has 3 aromatic rings. The van der Waals surface area contributed by atoms with Crippen molar-refractivity contribution in [3.8, 4) is 11.5 Å². The number of aromatic nitrogens is 5. The van der Waals surface area contributed by atoms with Crippen molar-refractivity contribution in [2.45, 2.75) is 117 Å². The summed E-state index contributed by atoms with van der Waals surface area (Å²) in [5.41, 5.74) is 2.98. The maximum absolute atomic E-state index is 12.9. The Morgan fingerprint density at radius 1 is 1.02 bits per heavy atom. The highest BCUT2D eigenvalue weighted by molar-refractivity contribution is 5.87. The number of hydrogen-bond acceptors (Lipinski definition) is 6. The van der Waals surface area contributed by atoms with E-state index in [-0.39, 0.29) is 11.9 Å². The topological polar surface area (TPSA) is 97.6 Å². The molecule has 1 amide bonds. The Morgan fingerprint density at radius 3 is 2.36 bits per heavy atom. The molecule has 0 radical (unpaired) electrons. The molecule has 0 bridgehead atoms. The zero-order valence-corrected chi connectivity index (χ0v) is 25.4. The zero-order chi connectivity index (χ0) is 30.4. The third-order valence-electron chi connectivity index (χ3n) is 8.38. The van der Waals surface area contributed by atoms with E-state index in [1.807, 2.05) is 31.3 Å². The van der Waals surface area contributed by atoms with Gasteiger partial charge in [0.25, 0.3) is 0 Å². The highest BCUT2D eigenvalue weighted by atomic mass is 19.4. The summed E-state index contributed by atoms with van der Waals surface area (Å²) in [6.07, 6.45) is 6.12. The van der Waals surface area contributed by atoms with Crippen molar-refractivity contribution in [1.82, 2.24) is 29.8 Å². The Labute approximate surface area is 246 Å². The molecule has 3 heterocycles. The summed E-state index contributed by atoms with van der Waals surface area (Å²) in [5, 5.41) is 5.45. The summed E-state index contributed by atoms with van der Waals surface area (Å²) >= 11 is 0. The smallest absolute Gasteiger partial charge is 0.365 e. The first kappa shape index (κ1) is 31.7. The molecule has 2 aliphatic rings. The second-order valence-corrected chi connectivity index (χ2v) is 11.6. The number of carbonyl (C=O) groups is 1. The molecule has 230 valence electrons. The number of hydrogen-bond donors (Lipinski definition) is 2. The molecular weight excluding hydrogens is 543 g/mol. The van der Waals surface area contributed by atoms with Gasteiger partial charge in [0, 0.05) is 18.8 Å². The number of alkyl halides is 3. The zero-order valence-electron chi connectivity index (χ0n) is 25.4. The van der Waals surface area contributed by atoms with E-state index in [9.17, 15) is 18.0 Å². The summed E-state index contributed by atoms with van der Waals surface area (Å²) in [6.45, 7) is 10.6. The molecule has 0 spiro atoms. The van der Waals surface area contributed by atoms with Gasteiger partial charge in [0.2, 0.25) is 0 Å². The molecule has 2 fully saturated rings. The number of imidazole rings is 1. The first-order valence-electron chi connectivity index (χ1n) is 15.4. The van der Waals surface area contributed by atoms with Crippen LogP contribution in [0.1, 0.15) is 103 Å². The molecule has 0 aromatic carbocycles. The van der Waals surface area contributed by atoms with E-state index < -0.39 is 18.6 Å². The molecule has 8 nitrogen and oxygen atoms in total. The molecule has 0 aliphatic heterocycles. The SMILES string of the molecule is CC.CC(C)c1ccnc(-c2nc3nc(CNC(=O)C(F)(F)F)nc(N[C@H](C)C4CCC4)c3n2CC2CCCCC2)c1. The van der Waals surface area contributed by atoms with E-state index in [1.54, 1.807) is 6.20 Å². The van der Waals surface area contributed by atoms with Crippen molar-refractivity contribution in [3.05, 3.63) is 29.7 Å². The Hall–Kier alpha value is -3.24. The highest BCUT2D eigenvalue weighted by Crippen LogP contribution is 2.35. The van der Waals surface area contributed by atoms with Crippen LogP contribution in [0.15, 0.2) is 18.3 Å². The minimum Gasteiger partial charge on any atom is -0.365 e. The number of nitrogens with one attached hydrogen (secondary N) is 2. The molecule has 5 rings (SSSR count). The number of fused-ring (bicyclic) bond motifs is 1. The van der Waals surface area contributed by atoms with Crippen LogP contribution in [0.25, 0.3) is 22.7 Å². The monoisotopic (exact) mass is 587 g/mol. The normalized spacial score (nSPS) is 17.0. The number of halogens is 3. The van der Waals surface area contributed by atoms with E-state index in [4.69, 9.17) is 4.98 Å². The first-order valence-corrected chi connectivity index (χ1v) is 15.4. The van der Waals surface area contributed by atoms with Gasteiger partial charge in [0.05, 0.1) is 6.54 Å². The van der Waals surface area contributed by atoms with Gasteiger partial charge in [-0.05, 0) is 68.1 Å². The predicted molar refractivity (Wildman–Crippen MR) is 159 cm³/mol. The van der Waals surface area contributed by atoms with E-state index in [0.29, 0.717) is 35.0 Å². The summed E-state index contributed by atoms with van der Waals surface area (Å²) in [6, 6.07) is 4.16. The summed E-state index contributed by atoms with van der Waals surface area (Å²) < 4.78 is 40.7. The number of pyridine rings is 1. The molecule has 2 aliphatic carbocycles. The number of carbonyl (C=O) groups excluding carboxylic acids is 1. The van der Waals surface area contributed by atoms with E-state index in [1.165, 1.54) is 25.7 Å². The van der Waals surface area contributed by atoms with Crippen LogP contribution in [-0.2, 0) is 17.9 Å². The maximum atomic E-state index is 12.9. The van der Waals surface area contributed by atoms with Gasteiger partial charge in [-0.25, -0.2) is 15.0 Å². The van der Waals surface area contributed by atoms with Crippen LogP contribution >= 0.6 is 0 Å². The standard InChI is InChI=1S/C29H38F3N7O.C2H6/c1-17(2)21-12-13-33-22(14-21)27-38-26-24(39(27)16-19-8-5-4-6-9-19)25(35-18(3)20-10-7-11-20)36-23(37-26)15-34-28(40)29(30,31)32;1-2/h12-14,17-20H,4-11,15-16H2,1-3H3,(H,34,40)(H,35,36,37);1-2H3/t18-;/m1./s1. The van der Waals surface area contributed by atoms with Crippen molar-refractivity contribution in [2.24, 2.45) is 11.8 Å². The van der Waals surface area contributed by atoms with Gasteiger partial charge >= 0.3 is 12.1 Å². The maximum Gasteiger partial charge on any atom is 0.471 e. The van der Waals surface area contributed by atoms with E-state index in [0.717, 1.165) is 49.0 Å². The average molecular weight is 588 g/mol. The Balaban J connectivity index is 0.00000198. The molecule has 11 heteroatoms. The van der Waals surface area contributed by atoms with Gasteiger partial charge in [0.1, 0.15) is 11.2 Å². The lowest BCUT2D eigenvalue weighted by Gasteiger charge is -2.32. The molecule has 42 heavy (non-hydrogen) atoms. The third kappa shape index (κ3) is 7.39. The van der Waals surface area contributed by atoms with Crippen LogP contribution in [0, 0.1) is 11.8 Å². The number of anilines is 1. The molecule has 0 saturated heterocycles. The first-order chi connectivity index (χ1) is 20.1. The molecule has 1 atom stereocenters. The summed E-state index contributed by atoms with van der Waals surface area (Å²) in [7, 11) is 0. The van der Waals surface area contributed by atoms with Crippen molar-refractivity contribution in [3.63, 3.8) is 0 Å². The van der Waals surface area contributed by atoms with Gasteiger partial charge in [-0.15, -0.1) is 0 Å². The molecule has 2 saturated carbocycles. The molecule has 3 aromatic heterocycles. The van der Waals surface area contributed by atoms with Crippen molar-refractivity contribution in [2.75, 3.05) is 5.32 Å². The molecule has 0 unspecified atom stereocenters. The quantitative estimate of drug-likeness (QED) is 0.271. The average Bonchev–Trinajstić information content (AvgIpc) is 3.30. The minimum absolute atomic E-state index is 0.0752. The summed E-state index contributed by atoms with van der Waals surface area (Å²) in [4.78, 5) is 30.3. The highest BCUT2D eigenvalue weighted by Gasteiger charge is 2.38. The lowest BCUT2D eigenvalue weighted by atomic mass is 9.80. The second kappa shape index (κ2) is 13.8. The lowest BCUT2D eigenvalue weighted by Crippen LogP contribution is -2.36. The Kier molecular flexibility index (Phi) is 10.4. The largest absolute Gasteiger partial charge is 0.471 e. The van der Waals surface area contributed by atoms with E-state index in [2.05, 4.69) is 45.6 Å². The lowest BCUT2D eigenvalue weighted by molar-refractivity contribution is -0.173. The summed E-state index contributed by atoms with van der Waals surface area (Å²) in [5.74, 6) is 0.543. The third-order valence-corrected chi connectivity index (χ3v) is 8.38. The number of nitrogens with zero attached hydrogens (tertiary/aromatic N) is 5. The second-order valence-electron chi connectivity index (χ2n) is 11.6. The van der Waals surface area contributed by atoms with Crippen molar-refractivity contribution < 1.29 is 18.0 Å². The Bertz CT molecular complexity index is 1340. The fourth-order valence-electron chi connectivity index (χ4n) is 5.72. The van der Waals surface area contributed by atoms with Gasteiger partial charge in [-0.3, -0.25) is 9.78 Å². The van der Waals surface area contributed by atoms with Crippen molar-refractivity contribution >= 4 is 22.9 Å². The van der Waals surface area contributed by atoms with Gasteiger partial charge in [0.15, 0.2) is 23.1 Å². The number of rotatable bonds is 9. The van der Waals surface area contributed by atoms with Crippen LogP contribution < -0.4 is 10.6 Å². The van der Waals surface area contributed by atoms with Gasteiger partial charge in [-0.2, -0.15) is 13.2 Å². The van der Waals surface area contributed by atoms with Crippen LogP contribution in [-0.4, -0.2) is 42.6 Å². The van der Waals surface area contributed by atoms with Crippen LogP contribution in [0.5, 0.6) is 0 Å². The fourth-order valence-corrected chi connectivity index (χ4v) is 5.72. The van der Waals surface area contributed by atoms with Crippen LogP contribution in [0.2, 0.25) is 0 Å². The van der Waals surface area contributed by atoms with E-state index >= 15 is 0 Å².